The lowest BCUT2D eigenvalue weighted by Crippen LogP contribution is -2.42. The van der Waals surface area contributed by atoms with Crippen LogP contribution in [-0.2, 0) is 17.8 Å². The monoisotopic (exact) mass is 436 g/mol. The number of amides is 1. The number of hydrogen-bond donors (Lipinski definition) is 1. The molecule has 0 atom stereocenters. The second kappa shape index (κ2) is 10.5. The molecule has 2 aromatic carbocycles. The van der Waals surface area contributed by atoms with Gasteiger partial charge in [-0.3, -0.25) is 9.69 Å². The average molecular weight is 437 g/mol. The molecule has 1 amide bonds. The zero-order valence-electron chi connectivity index (χ0n) is 18.9. The summed E-state index contributed by atoms with van der Waals surface area (Å²) >= 11 is 0. The minimum absolute atomic E-state index is 0.0875. The summed E-state index contributed by atoms with van der Waals surface area (Å²) in [5.41, 5.74) is 3.36. The van der Waals surface area contributed by atoms with E-state index in [9.17, 15) is 4.79 Å². The first-order chi connectivity index (χ1) is 15.7. The molecule has 2 heterocycles. The molecule has 0 aliphatic carbocycles. The Morgan fingerprint density at radius 2 is 1.88 bits per heavy atom. The van der Waals surface area contributed by atoms with E-state index in [0.29, 0.717) is 30.5 Å². The summed E-state index contributed by atoms with van der Waals surface area (Å²) in [7, 11) is 3.25. The zero-order chi connectivity index (χ0) is 22.3. The number of hydrogen-bond acceptors (Lipinski definition) is 5. The van der Waals surface area contributed by atoms with Gasteiger partial charge in [-0.05, 0) is 68.1 Å². The Bertz CT molecular complexity index is 1040. The van der Waals surface area contributed by atoms with Gasteiger partial charge >= 0.3 is 0 Å². The number of nitrogens with zero attached hydrogens (tertiary/aromatic N) is 3. The van der Waals surface area contributed by atoms with Crippen molar-refractivity contribution in [1.82, 2.24) is 19.8 Å². The number of benzene rings is 2. The van der Waals surface area contributed by atoms with Gasteiger partial charge in [0.15, 0.2) is 11.5 Å². The van der Waals surface area contributed by atoms with Crippen LogP contribution in [0.25, 0.3) is 11.0 Å². The molecule has 1 aromatic heterocycles. The topological polar surface area (TPSA) is 68.6 Å². The van der Waals surface area contributed by atoms with E-state index < -0.39 is 0 Å². The smallest absolute Gasteiger partial charge is 0.234 e. The standard InChI is InChI=1S/C25H32N4O3/c1-31-23-8-7-19(15-24(23)32-2)9-12-26-25(30)17-28-13-10-20(11-14-28)16-29-18-27-21-5-3-4-6-22(21)29/h3-8,15,18,20H,9-14,16-17H2,1-2H3,(H,26,30). The maximum absolute atomic E-state index is 12.4. The van der Waals surface area contributed by atoms with Crippen molar-refractivity contribution >= 4 is 16.9 Å². The molecule has 0 unspecified atom stereocenters. The summed E-state index contributed by atoms with van der Waals surface area (Å²) in [6.07, 6.45) is 4.91. The first-order valence-electron chi connectivity index (χ1n) is 11.3. The molecule has 3 aromatic rings. The molecule has 170 valence electrons. The second-order valence-electron chi connectivity index (χ2n) is 8.39. The van der Waals surface area contributed by atoms with Gasteiger partial charge in [0.25, 0.3) is 0 Å². The average Bonchev–Trinajstić information content (AvgIpc) is 3.23. The van der Waals surface area contributed by atoms with Crippen LogP contribution in [0.4, 0.5) is 0 Å². The lowest BCUT2D eigenvalue weighted by atomic mass is 9.96. The molecule has 1 aliphatic rings. The molecule has 7 nitrogen and oxygen atoms in total. The van der Waals surface area contributed by atoms with Crippen molar-refractivity contribution in [1.29, 1.82) is 0 Å². The molecule has 1 fully saturated rings. The number of carbonyl (C=O) groups is 1. The molecular formula is C25H32N4O3. The third-order valence-electron chi connectivity index (χ3n) is 6.24. The lowest BCUT2D eigenvalue weighted by molar-refractivity contribution is -0.122. The largest absolute Gasteiger partial charge is 0.493 e. The molecule has 1 aliphatic heterocycles. The highest BCUT2D eigenvalue weighted by Gasteiger charge is 2.21. The number of carbonyl (C=O) groups excluding carboxylic acids is 1. The van der Waals surface area contributed by atoms with Gasteiger partial charge in [0.2, 0.25) is 5.91 Å². The number of para-hydroxylation sites is 2. The zero-order valence-corrected chi connectivity index (χ0v) is 18.9. The van der Waals surface area contributed by atoms with Crippen LogP contribution in [0.3, 0.4) is 0 Å². The molecule has 32 heavy (non-hydrogen) atoms. The minimum Gasteiger partial charge on any atom is -0.493 e. The van der Waals surface area contributed by atoms with Crippen LogP contribution < -0.4 is 14.8 Å². The van der Waals surface area contributed by atoms with Gasteiger partial charge in [-0.2, -0.15) is 0 Å². The van der Waals surface area contributed by atoms with Gasteiger partial charge in [-0.25, -0.2) is 4.98 Å². The molecule has 0 saturated carbocycles. The van der Waals surface area contributed by atoms with Gasteiger partial charge < -0.3 is 19.4 Å². The summed E-state index contributed by atoms with van der Waals surface area (Å²) in [6, 6.07) is 14.1. The molecule has 0 spiro atoms. The summed E-state index contributed by atoms with van der Waals surface area (Å²) in [5, 5.41) is 3.05. The number of rotatable bonds is 9. The van der Waals surface area contributed by atoms with Crippen molar-refractivity contribution in [3.8, 4) is 11.5 Å². The number of nitrogens with one attached hydrogen (secondary N) is 1. The number of piperidine rings is 1. The minimum atomic E-state index is 0.0875. The number of ether oxygens (including phenoxy) is 2. The fraction of sp³-hybridized carbons (Fsp3) is 0.440. The number of aromatic nitrogens is 2. The fourth-order valence-corrected chi connectivity index (χ4v) is 4.40. The number of methoxy groups -OCH3 is 2. The quantitative estimate of drug-likeness (QED) is 0.558. The Kier molecular flexibility index (Phi) is 7.27. The summed E-state index contributed by atoms with van der Waals surface area (Å²) in [6.45, 7) is 3.98. The Hall–Kier alpha value is -3.06. The lowest BCUT2D eigenvalue weighted by Gasteiger charge is -2.31. The van der Waals surface area contributed by atoms with Crippen LogP contribution in [0.1, 0.15) is 18.4 Å². The van der Waals surface area contributed by atoms with Crippen LogP contribution in [-0.4, -0.2) is 60.8 Å². The molecule has 0 radical (unpaired) electrons. The Balaban J connectivity index is 1.18. The van der Waals surface area contributed by atoms with Crippen LogP contribution >= 0.6 is 0 Å². The Morgan fingerprint density at radius 3 is 2.66 bits per heavy atom. The van der Waals surface area contributed by atoms with Gasteiger partial charge in [-0.1, -0.05) is 18.2 Å². The SMILES string of the molecule is COc1ccc(CCNC(=O)CN2CCC(Cn3cnc4ccccc43)CC2)cc1OC. The maximum atomic E-state index is 12.4. The van der Waals surface area contributed by atoms with Gasteiger partial charge in [-0.15, -0.1) is 0 Å². The van der Waals surface area contributed by atoms with Crippen molar-refractivity contribution in [2.24, 2.45) is 5.92 Å². The Labute approximate surface area is 189 Å². The van der Waals surface area contributed by atoms with Crippen molar-refractivity contribution in [2.45, 2.75) is 25.8 Å². The van der Waals surface area contributed by atoms with E-state index in [2.05, 4.69) is 38.0 Å². The maximum Gasteiger partial charge on any atom is 0.234 e. The normalized spacial score (nSPS) is 15.1. The molecule has 1 N–H and O–H groups in total. The van der Waals surface area contributed by atoms with Crippen LogP contribution in [0, 0.1) is 5.92 Å². The Morgan fingerprint density at radius 1 is 1.09 bits per heavy atom. The predicted molar refractivity (Wildman–Crippen MR) is 125 cm³/mol. The van der Waals surface area contributed by atoms with Crippen molar-refractivity contribution < 1.29 is 14.3 Å². The van der Waals surface area contributed by atoms with Crippen LogP contribution in [0.15, 0.2) is 48.8 Å². The fourth-order valence-electron chi connectivity index (χ4n) is 4.40. The highest BCUT2D eigenvalue weighted by atomic mass is 16.5. The van der Waals surface area contributed by atoms with Crippen LogP contribution in [0.2, 0.25) is 0 Å². The van der Waals surface area contributed by atoms with E-state index in [-0.39, 0.29) is 5.91 Å². The number of imidazole rings is 1. The third-order valence-corrected chi connectivity index (χ3v) is 6.24. The van der Waals surface area contributed by atoms with Crippen LogP contribution in [0.5, 0.6) is 11.5 Å². The highest BCUT2D eigenvalue weighted by molar-refractivity contribution is 5.78. The van der Waals surface area contributed by atoms with E-state index in [0.717, 1.165) is 50.0 Å². The first kappa shape index (κ1) is 22.1. The summed E-state index contributed by atoms with van der Waals surface area (Å²) < 4.78 is 12.9. The van der Waals surface area contributed by atoms with Gasteiger partial charge in [0, 0.05) is 13.1 Å². The molecule has 7 heteroatoms. The van der Waals surface area contributed by atoms with Gasteiger partial charge in [0.1, 0.15) is 0 Å². The first-order valence-corrected chi connectivity index (χ1v) is 11.3. The van der Waals surface area contributed by atoms with Crippen molar-refractivity contribution in [3.63, 3.8) is 0 Å². The summed E-state index contributed by atoms with van der Waals surface area (Å²) in [5.74, 6) is 2.13. The van der Waals surface area contributed by atoms with Crippen molar-refractivity contribution in [2.75, 3.05) is 40.4 Å². The van der Waals surface area contributed by atoms with Gasteiger partial charge in [0.05, 0.1) is 38.1 Å². The highest BCUT2D eigenvalue weighted by Crippen LogP contribution is 2.27. The van der Waals surface area contributed by atoms with E-state index in [1.807, 2.05) is 30.6 Å². The van der Waals surface area contributed by atoms with E-state index in [1.165, 1.54) is 5.52 Å². The van der Waals surface area contributed by atoms with E-state index in [1.54, 1.807) is 14.2 Å². The van der Waals surface area contributed by atoms with Crippen molar-refractivity contribution in [3.05, 3.63) is 54.4 Å². The molecular weight excluding hydrogens is 404 g/mol. The number of likely N-dealkylation sites (tertiary alicyclic amines) is 1. The second-order valence-corrected chi connectivity index (χ2v) is 8.39. The third kappa shape index (κ3) is 5.40. The predicted octanol–water partition coefficient (Wildman–Crippen LogP) is 3.12. The molecule has 0 bridgehead atoms. The molecule has 4 rings (SSSR count). The van der Waals surface area contributed by atoms with E-state index in [4.69, 9.17) is 9.47 Å². The number of fused-ring (bicyclic) bond motifs is 1. The molecule has 1 saturated heterocycles. The summed E-state index contributed by atoms with van der Waals surface area (Å²) in [4.78, 5) is 19.2. The van der Waals surface area contributed by atoms with E-state index >= 15 is 0 Å².